The maximum atomic E-state index is 13.3. The molecule has 1 unspecified atom stereocenters. The topological polar surface area (TPSA) is 66.9 Å². The van der Waals surface area contributed by atoms with Crippen molar-refractivity contribution in [2.75, 3.05) is 30.0 Å². The number of carbonyl (C=O) groups excluding carboxylic acids is 3. The highest BCUT2D eigenvalue weighted by Crippen LogP contribution is 2.34. The van der Waals surface area contributed by atoms with Crippen molar-refractivity contribution < 1.29 is 19.1 Å². The molecule has 2 amide bonds. The van der Waals surface area contributed by atoms with Crippen LogP contribution in [-0.4, -0.2) is 38.0 Å². The number of ether oxygens (including phenoxy) is 1. The number of anilines is 2. The molecule has 2 aliphatic rings. The van der Waals surface area contributed by atoms with Gasteiger partial charge in [0.15, 0.2) is 0 Å². The van der Waals surface area contributed by atoms with Crippen molar-refractivity contribution in [3.05, 3.63) is 59.2 Å². The number of methoxy groups -OCH3 is 1. The number of carbonyl (C=O) groups is 3. The number of esters is 1. The minimum Gasteiger partial charge on any atom is -0.465 e. The maximum Gasteiger partial charge on any atom is 0.338 e. The first-order valence-electron chi connectivity index (χ1n) is 9.88. The van der Waals surface area contributed by atoms with Gasteiger partial charge in [0, 0.05) is 30.9 Å². The van der Waals surface area contributed by atoms with E-state index < -0.39 is 11.9 Å². The van der Waals surface area contributed by atoms with Crippen molar-refractivity contribution in [3.8, 4) is 0 Å². The number of hydrogen-bond donors (Lipinski definition) is 0. The third-order valence-corrected chi connectivity index (χ3v) is 5.74. The van der Waals surface area contributed by atoms with Crippen LogP contribution in [-0.2, 0) is 20.7 Å². The van der Waals surface area contributed by atoms with Gasteiger partial charge in [0.1, 0.15) is 0 Å². The fourth-order valence-electron chi connectivity index (χ4n) is 4.22. The number of amides is 2. The van der Waals surface area contributed by atoms with E-state index in [-0.39, 0.29) is 18.2 Å². The first-order valence-corrected chi connectivity index (χ1v) is 9.88. The molecule has 6 heteroatoms. The summed E-state index contributed by atoms with van der Waals surface area (Å²) in [5, 5.41) is 0. The molecule has 150 valence electrons. The Morgan fingerprint density at radius 3 is 2.59 bits per heavy atom. The summed E-state index contributed by atoms with van der Waals surface area (Å²) in [6, 6.07) is 13.1. The molecule has 2 aromatic rings. The van der Waals surface area contributed by atoms with E-state index in [1.165, 1.54) is 7.11 Å². The van der Waals surface area contributed by atoms with E-state index in [1.54, 1.807) is 21.9 Å². The predicted octanol–water partition coefficient (Wildman–Crippen LogP) is 3.11. The Hall–Kier alpha value is -3.15. The van der Waals surface area contributed by atoms with Crippen LogP contribution >= 0.6 is 0 Å². The number of aryl methyl sites for hydroxylation is 1. The summed E-state index contributed by atoms with van der Waals surface area (Å²) < 4.78 is 4.89. The van der Waals surface area contributed by atoms with Gasteiger partial charge in [-0.3, -0.25) is 9.59 Å². The smallest absolute Gasteiger partial charge is 0.338 e. The SMILES string of the molecule is COC(=O)c1cccc2c1CCCN2C(=O)C1CC(=O)N(c2ccc(C)cc2)C1. The highest BCUT2D eigenvalue weighted by Gasteiger charge is 2.39. The van der Waals surface area contributed by atoms with E-state index >= 15 is 0 Å². The summed E-state index contributed by atoms with van der Waals surface area (Å²) in [5.41, 5.74) is 4.05. The molecule has 1 atom stereocenters. The van der Waals surface area contributed by atoms with E-state index in [1.807, 2.05) is 37.3 Å². The Balaban J connectivity index is 1.58. The third-order valence-electron chi connectivity index (χ3n) is 5.74. The molecule has 0 N–H and O–H groups in total. The Labute approximate surface area is 170 Å². The number of nitrogens with zero attached hydrogens (tertiary/aromatic N) is 2. The van der Waals surface area contributed by atoms with E-state index in [9.17, 15) is 14.4 Å². The van der Waals surface area contributed by atoms with E-state index in [4.69, 9.17) is 4.74 Å². The fourth-order valence-corrected chi connectivity index (χ4v) is 4.22. The molecule has 2 aromatic carbocycles. The lowest BCUT2D eigenvalue weighted by atomic mass is 9.94. The van der Waals surface area contributed by atoms with Gasteiger partial charge in [0.05, 0.1) is 18.6 Å². The normalized spacial score (nSPS) is 18.6. The molecule has 2 aliphatic heterocycles. The standard InChI is InChI=1S/C23H24N2O4/c1-15-8-10-17(11-9-15)25-14-16(13-21(25)26)22(27)24-12-4-6-18-19(23(28)29-2)5-3-7-20(18)24/h3,5,7-11,16H,4,6,12-14H2,1-2H3. The zero-order valence-corrected chi connectivity index (χ0v) is 16.7. The van der Waals surface area contributed by atoms with Gasteiger partial charge in [-0.25, -0.2) is 4.79 Å². The molecule has 4 rings (SSSR count). The van der Waals surface area contributed by atoms with Crippen molar-refractivity contribution in [2.45, 2.75) is 26.2 Å². The van der Waals surface area contributed by atoms with Gasteiger partial charge >= 0.3 is 5.97 Å². The summed E-state index contributed by atoms with van der Waals surface area (Å²) in [7, 11) is 1.36. The summed E-state index contributed by atoms with van der Waals surface area (Å²) in [6.45, 7) is 2.97. The quantitative estimate of drug-likeness (QED) is 0.753. The van der Waals surface area contributed by atoms with Gasteiger partial charge in [0.2, 0.25) is 11.8 Å². The van der Waals surface area contributed by atoms with Gasteiger partial charge in [-0.05, 0) is 49.6 Å². The van der Waals surface area contributed by atoms with Gasteiger partial charge < -0.3 is 14.5 Å². The zero-order valence-electron chi connectivity index (χ0n) is 16.7. The lowest BCUT2D eigenvalue weighted by Gasteiger charge is -2.32. The first-order chi connectivity index (χ1) is 14.0. The fraction of sp³-hybridized carbons (Fsp3) is 0.348. The van der Waals surface area contributed by atoms with Gasteiger partial charge in [-0.15, -0.1) is 0 Å². The van der Waals surface area contributed by atoms with Crippen LogP contribution in [0.5, 0.6) is 0 Å². The summed E-state index contributed by atoms with van der Waals surface area (Å²) >= 11 is 0. The molecule has 0 bridgehead atoms. The van der Waals surface area contributed by atoms with Crippen LogP contribution in [0.15, 0.2) is 42.5 Å². The Bertz CT molecular complexity index is 967. The first kappa shape index (κ1) is 19.2. The molecule has 0 spiro atoms. The number of fused-ring (bicyclic) bond motifs is 1. The summed E-state index contributed by atoms with van der Waals surface area (Å²) in [4.78, 5) is 41.4. The molecular formula is C23H24N2O4. The molecule has 29 heavy (non-hydrogen) atoms. The van der Waals surface area contributed by atoms with Crippen LogP contribution in [0.3, 0.4) is 0 Å². The number of hydrogen-bond acceptors (Lipinski definition) is 4. The molecular weight excluding hydrogens is 368 g/mol. The highest BCUT2D eigenvalue weighted by molar-refractivity contribution is 6.05. The molecule has 0 aliphatic carbocycles. The van der Waals surface area contributed by atoms with Crippen LogP contribution in [0, 0.1) is 12.8 Å². The second-order valence-corrected chi connectivity index (χ2v) is 7.63. The number of rotatable bonds is 3. The average Bonchev–Trinajstić information content (AvgIpc) is 3.14. The highest BCUT2D eigenvalue weighted by atomic mass is 16.5. The van der Waals surface area contributed by atoms with Crippen molar-refractivity contribution in [1.29, 1.82) is 0 Å². The minimum atomic E-state index is -0.392. The second kappa shape index (κ2) is 7.70. The predicted molar refractivity (Wildman–Crippen MR) is 110 cm³/mol. The van der Waals surface area contributed by atoms with Crippen LogP contribution < -0.4 is 9.80 Å². The van der Waals surface area contributed by atoms with Crippen molar-refractivity contribution >= 4 is 29.2 Å². The average molecular weight is 392 g/mol. The maximum absolute atomic E-state index is 13.3. The summed E-state index contributed by atoms with van der Waals surface area (Å²) in [5.74, 6) is -0.877. The summed E-state index contributed by atoms with van der Waals surface area (Å²) in [6.07, 6.45) is 1.70. The van der Waals surface area contributed by atoms with Crippen LogP contribution in [0.4, 0.5) is 11.4 Å². The van der Waals surface area contributed by atoms with Crippen LogP contribution in [0.25, 0.3) is 0 Å². The Kier molecular flexibility index (Phi) is 5.09. The largest absolute Gasteiger partial charge is 0.465 e. The monoisotopic (exact) mass is 392 g/mol. The second-order valence-electron chi connectivity index (χ2n) is 7.63. The number of benzene rings is 2. The van der Waals surface area contributed by atoms with Crippen molar-refractivity contribution in [3.63, 3.8) is 0 Å². The lowest BCUT2D eigenvalue weighted by molar-refractivity contribution is -0.124. The van der Waals surface area contributed by atoms with Gasteiger partial charge in [-0.1, -0.05) is 23.8 Å². The van der Waals surface area contributed by atoms with Crippen LogP contribution in [0.2, 0.25) is 0 Å². The Morgan fingerprint density at radius 1 is 1.10 bits per heavy atom. The molecule has 2 heterocycles. The molecule has 6 nitrogen and oxygen atoms in total. The lowest BCUT2D eigenvalue weighted by Crippen LogP contribution is -2.41. The van der Waals surface area contributed by atoms with Gasteiger partial charge in [-0.2, -0.15) is 0 Å². The molecule has 0 aromatic heterocycles. The van der Waals surface area contributed by atoms with Crippen molar-refractivity contribution in [2.24, 2.45) is 5.92 Å². The minimum absolute atomic E-state index is 0.0345. The van der Waals surface area contributed by atoms with E-state index in [0.29, 0.717) is 18.7 Å². The van der Waals surface area contributed by atoms with E-state index in [2.05, 4.69) is 0 Å². The Morgan fingerprint density at radius 2 is 1.86 bits per heavy atom. The molecule has 1 fully saturated rings. The van der Waals surface area contributed by atoms with Crippen LogP contribution in [0.1, 0.15) is 34.3 Å². The molecule has 0 radical (unpaired) electrons. The zero-order chi connectivity index (χ0) is 20.5. The van der Waals surface area contributed by atoms with E-state index in [0.717, 1.165) is 35.3 Å². The molecule has 0 saturated carbocycles. The molecule has 1 saturated heterocycles. The third kappa shape index (κ3) is 3.50. The van der Waals surface area contributed by atoms with Gasteiger partial charge in [0.25, 0.3) is 0 Å². The van der Waals surface area contributed by atoms with Crippen molar-refractivity contribution in [1.82, 2.24) is 0 Å².